The molecule has 1 fully saturated rings. The average Bonchev–Trinajstić information content (AvgIpc) is 2.92. The van der Waals surface area contributed by atoms with Gasteiger partial charge in [-0.05, 0) is 49.4 Å². The van der Waals surface area contributed by atoms with Gasteiger partial charge in [-0.1, -0.05) is 6.07 Å². The first-order valence-corrected chi connectivity index (χ1v) is 9.93. The Morgan fingerprint density at radius 2 is 1.85 bits per heavy atom. The van der Waals surface area contributed by atoms with Crippen LogP contribution in [0.25, 0.3) is 0 Å². The highest BCUT2D eigenvalue weighted by Gasteiger charge is 2.20. The molecule has 0 aromatic heterocycles. The van der Waals surface area contributed by atoms with E-state index in [0.29, 0.717) is 31.3 Å². The third kappa shape index (κ3) is 4.61. The van der Waals surface area contributed by atoms with E-state index in [9.17, 15) is 22.0 Å². The summed E-state index contributed by atoms with van der Waals surface area (Å²) < 4.78 is 53.4. The van der Waals surface area contributed by atoms with E-state index in [1.807, 2.05) is 0 Å². The van der Waals surface area contributed by atoms with Gasteiger partial charge in [-0.25, -0.2) is 17.2 Å². The van der Waals surface area contributed by atoms with Crippen LogP contribution in [0, 0.1) is 11.6 Å². The van der Waals surface area contributed by atoms with Crippen LogP contribution in [0.5, 0.6) is 0 Å². The molecule has 0 unspecified atom stereocenters. The monoisotopic (exact) mass is 395 g/mol. The van der Waals surface area contributed by atoms with E-state index in [-0.39, 0.29) is 11.6 Å². The molecule has 0 spiro atoms. The van der Waals surface area contributed by atoms with Gasteiger partial charge >= 0.3 is 0 Å². The largest absolute Gasteiger partial charge is 0.337 e. The van der Waals surface area contributed by atoms with Gasteiger partial charge in [0.25, 0.3) is 15.9 Å². The second-order valence-corrected chi connectivity index (χ2v) is 7.84. The number of hydrogen-bond acceptors (Lipinski definition) is 4. The maximum absolute atomic E-state index is 13.3. The molecular weight excluding hydrogens is 376 g/mol. The highest BCUT2D eigenvalue weighted by Crippen LogP contribution is 2.20. The zero-order chi connectivity index (χ0) is 19.4. The molecule has 0 bridgehead atoms. The first kappa shape index (κ1) is 19.2. The summed E-state index contributed by atoms with van der Waals surface area (Å²) in [5.74, 6) is -2.57. The number of rotatable bonds is 4. The van der Waals surface area contributed by atoms with Crippen molar-refractivity contribution in [2.75, 3.05) is 30.9 Å². The molecule has 1 amide bonds. The van der Waals surface area contributed by atoms with Crippen LogP contribution in [0.2, 0.25) is 0 Å². The van der Waals surface area contributed by atoms with Crippen molar-refractivity contribution in [2.24, 2.45) is 0 Å². The molecule has 1 aliphatic heterocycles. The molecule has 1 aliphatic rings. The Labute approximate surface area is 156 Å². The quantitative estimate of drug-likeness (QED) is 0.832. The second-order valence-electron chi connectivity index (χ2n) is 6.16. The number of sulfonamides is 1. The summed E-state index contributed by atoms with van der Waals surface area (Å²) in [5.41, 5.74) is 0.515. The van der Waals surface area contributed by atoms with E-state index in [4.69, 9.17) is 0 Å². The van der Waals surface area contributed by atoms with Crippen LogP contribution in [0.15, 0.2) is 47.4 Å². The topological polar surface area (TPSA) is 78.5 Å². The lowest BCUT2D eigenvalue weighted by atomic mass is 10.1. The van der Waals surface area contributed by atoms with E-state index in [1.54, 1.807) is 17.0 Å². The molecule has 27 heavy (non-hydrogen) atoms. The zero-order valence-electron chi connectivity index (χ0n) is 14.4. The molecule has 3 rings (SSSR count). The molecule has 6 nitrogen and oxygen atoms in total. The van der Waals surface area contributed by atoms with Crippen LogP contribution in [0.1, 0.15) is 16.8 Å². The van der Waals surface area contributed by atoms with Crippen molar-refractivity contribution in [2.45, 2.75) is 11.3 Å². The Hall–Kier alpha value is -2.52. The standard InChI is InChI=1S/C18H19F2N3O3S/c19-16-6-5-15(12-17(16)20)27(25,26)22-14-4-1-3-13(11-14)18(24)23-9-2-7-21-8-10-23/h1,3-6,11-12,21-22H,2,7-10H2. The van der Waals surface area contributed by atoms with Crippen molar-refractivity contribution >= 4 is 21.6 Å². The third-order valence-corrected chi connectivity index (χ3v) is 5.57. The number of halogens is 2. The number of anilines is 1. The lowest BCUT2D eigenvalue weighted by Crippen LogP contribution is -2.34. The van der Waals surface area contributed by atoms with Gasteiger partial charge in [0.05, 0.1) is 4.90 Å². The molecule has 0 aliphatic carbocycles. The zero-order valence-corrected chi connectivity index (χ0v) is 15.2. The summed E-state index contributed by atoms with van der Waals surface area (Å²) in [6, 6.07) is 8.41. The first-order chi connectivity index (χ1) is 12.9. The summed E-state index contributed by atoms with van der Waals surface area (Å²) in [7, 11) is -4.12. The van der Waals surface area contributed by atoms with Crippen molar-refractivity contribution in [3.05, 3.63) is 59.7 Å². The molecule has 1 saturated heterocycles. The lowest BCUT2D eigenvalue weighted by molar-refractivity contribution is 0.0766. The molecular formula is C18H19F2N3O3S. The predicted molar refractivity (Wildman–Crippen MR) is 97.0 cm³/mol. The molecule has 1 heterocycles. The minimum Gasteiger partial charge on any atom is -0.337 e. The maximum atomic E-state index is 13.3. The van der Waals surface area contributed by atoms with Crippen LogP contribution < -0.4 is 10.0 Å². The molecule has 144 valence electrons. The summed E-state index contributed by atoms with van der Waals surface area (Å²) in [6.07, 6.45) is 0.841. The average molecular weight is 395 g/mol. The number of benzene rings is 2. The lowest BCUT2D eigenvalue weighted by Gasteiger charge is -2.20. The Morgan fingerprint density at radius 3 is 2.63 bits per heavy atom. The van der Waals surface area contributed by atoms with Gasteiger partial charge in [-0.2, -0.15) is 0 Å². The van der Waals surface area contributed by atoms with Crippen LogP contribution in [0.3, 0.4) is 0 Å². The number of nitrogens with zero attached hydrogens (tertiary/aromatic N) is 1. The van der Waals surface area contributed by atoms with E-state index in [0.717, 1.165) is 25.1 Å². The fraction of sp³-hybridized carbons (Fsp3) is 0.278. The molecule has 0 atom stereocenters. The number of hydrogen-bond donors (Lipinski definition) is 2. The number of carbonyl (C=O) groups is 1. The maximum Gasteiger partial charge on any atom is 0.261 e. The Bertz CT molecular complexity index is 943. The molecule has 0 saturated carbocycles. The van der Waals surface area contributed by atoms with Gasteiger partial charge in [-0.15, -0.1) is 0 Å². The van der Waals surface area contributed by atoms with Crippen molar-refractivity contribution in [1.29, 1.82) is 0 Å². The minimum absolute atomic E-state index is 0.165. The van der Waals surface area contributed by atoms with Crippen molar-refractivity contribution in [1.82, 2.24) is 10.2 Å². The van der Waals surface area contributed by atoms with E-state index in [2.05, 4.69) is 10.0 Å². The smallest absolute Gasteiger partial charge is 0.261 e. The Balaban J connectivity index is 1.80. The fourth-order valence-electron chi connectivity index (χ4n) is 2.81. The summed E-state index contributed by atoms with van der Waals surface area (Å²) in [5, 5.41) is 3.21. The van der Waals surface area contributed by atoms with Crippen molar-refractivity contribution in [3.63, 3.8) is 0 Å². The number of nitrogens with one attached hydrogen (secondary N) is 2. The van der Waals surface area contributed by atoms with Gasteiger partial charge in [-0.3, -0.25) is 9.52 Å². The molecule has 0 radical (unpaired) electrons. The minimum atomic E-state index is -4.12. The fourth-order valence-corrected chi connectivity index (χ4v) is 3.87. The summed E-state index contributed by atoms with van der Waals surface area (Å²) in [4.78, 5) is 14.0. The molecule has 2 aromatic carbocycles. The van der Waals surface area contributed by atoms with Crippen molar-refractivity contribution < 1.29 is 22.0 Å². The summed E-state index contributed by atoms with van der Waals surface area (Å²) >= 11 is 0. The third-order valence-electron chi connectivity index (χ3n) is 4.19. The van der Waals surface area contributed by atoms with Crippen LogP contribution >= 0.6 is 0 Å². The molecule has 9 heteroatoms. The van der Waals surface area contributed by atoms with Crippen LogP contribution in [-0.4, -0.2) is 45.4 Å². The van der Waals surface area contributed by atoms with Gasteiger partial charge in [0.15, 0.2) is 11.6 Å². The normalized spacial score (nSPS) is 15.3. The SMILES string of the molecule is O=C(c1cccc(NS(=O)(=O)c2ccc(F)c(F)c2)c1)N1CCCNCC1. The van der Waals surface area contributed by atoms with E-state index >= 15 is 0 Å². The Morgan fingerprint density at radius 1 is 1.04 bits per heavy atom. The van der Waals surface area contributed by atoms with Gasteiger partial charge in [0, 0.05) is 30.9 Å². The second kappa shape index (κ2) is 8.01. The molecule has 2 aromatic rings. The van der Waals surface area contributed by atoms with Gasteiger partial charge in [0.2, 0.25) is 0 Å². The highest BCUT2D eigenvalue weighted by molar-refractivity contribution is 7.92. The number of carbonyl (C=O) groups excluding carboxylic acids is 1. The molecule has 2 N–H and O–H groups in total. The van der Waals surface area contributed by atoms with Gasteiger partial charge < -0.3 is 10.2 Å². The predicted octanol–water partition coefficient (Wildman–Crippen LogP) is 2.20. The Kier molecular flexibility index (Phi) is 5.71. The van der Waals surface area contributed by atoms with Crippen LogP contribution in [0.4, 0.5) is 14.5 Å². The van der Waals surface area contributed by atoms with Crippen molar-refractivity contribution in [3.8, 4) is 0 Å². The van der Waals surface area contributed by atoms with Crippen LogP contribution in [-0.2, 0) is 10.0 Å². The van der Waals surface area contributed by atoms with Gasteiger partial charge in [0.1, 0.15) is 0 Å². The van der Waals surface area contributed by atoms with E-state index in [1.165, 1.54) is 12.1 Å². The first-order valence-electron chi connectivity index (χ1n) is 8.45. The number of amides is 1. The highest BCUT2D eigenvalue weighted by atomic mass is 32.2. The summed E-state index contributed by atoms with van der Waals surface area (Å²) in [6.45, 7) is 2.74. The van der Waals surface area contributed by atoms with E-state index < -0.39 is 26.6 Å².